The molecule has 0 aliphatic carbocycles. The van der Waals surface area contributed by atoms with Crippen LogP contribution in [0.1, 0.15) is 23.6 Å². The zero-order valence-corrected chi connectivity index (χ0v) is 26.5. The Hall–Kier alpha value is -5.12. The summed E-state index contributed by atoms with van der Waals surface area (Å²) in [4.78, 5) is 23.5. The molecule has 3 aromatic carbocycles. The third-order valence-electron chi connectivity index (χ3n) is 8.46. The van der Waals surface area contributed by atoms with Gasteiger partial charge in [-0.3, -0.25) is 14.7 Å². The number of para-hydroxylation sites is 1. The van der Waals surface area contributed by atoms with Crippen LogP contribution in [0.3, 0.4) is 0 Å². The number of carbonyl (C=O) groups is 1. The van der Waals surface area contributed by atoms with E-state index >= 15 is 4.79 Å². The number of rotatable bonds is 9. The monoisotopic (exact) mass is 639 g/mol. The minimum absolute atomic E-state index is 0.0275. The van der Waals surface area contributed by atoms with Crippen molar-refractivity contribution in [1.82, 2.24) is 9.88 Å². The highest BCUT2D eigenvalue weighted by atomic mass is 32.2. The Morgan fingerprint density at radius 3 is 2.37 bits per heavy atom. The maximum atomic E-state index is 15.3. The molecule has 46 heavy (non-hydrogen) atoms. The number of hydrogen-bond acceptors (Lipinski definition) is 10. The van der Waals surface area contributed by atoms with Gasteiger partial charge in [0.25, 0.3) is 15.9 Å². The fourth-order valence-corrected chi connectivity index (χ4v) is 7.99. The van der Waals surface area contributed by atoms with E-state index in [0.29, 0.717) is 61.0 Å². The minimum atomic E-state index is -4.55. The van der Waals surface area contributed by atoms with Crippen molar-refractivity contribution in [2.24, 2.45) is 0 Å². The summed E-state index contributed by atoms with van der Waals surface area (Å²) in [5, 5.41) is 9.96. The molecule has 12 heteroatoms. The number of benzene rings is 3. The van der Waals surface area contributed by atoms with Gasteiger partial charge in [0.1, 0.15) is 22.1 Å². The van der Waals surface area contributed by atoms with Gasteiger partial charge in [0.15, 0.2) is 5.54 Å². The van der Waals surface area contributed by atoms with E-state index in [-0.39, 0.29) is 16.3 Å². The van der Waals surface area contributed by atoms with E-state index in [9.17, 15) is 13.7 Å². The van der Waals surface area contributed by atoms with Gasteiger partial charge in [-0.05, 0) is 55.5 Å². The van der Waals surface area contributed by atoms with Crippen LogP contribution in [0.15, 0.2) is 90.1 Å². The van der Waals surface area contributed by atoms with Gasteiger partial charge < -0.3 is 19.1 Å². The van der Waals surface area contributed by atoms with E-state index in [1.807, 2.05) is 30.0 Å². The van der Waals surface area contributed by atoms with Gasteiger partial charge in [0, 0.05) is 49.6 Å². The minimum Gasteiger partial charge on any atom is -0.497 e. The van der Waals surface area contributed by atoms with Crippen LogP contribution in [-0.4, -0.2) is 71.2 Å². The second-order valence-electron chi connectivity index (χ2n) is 10.8. The highest BCUT2D eigenvalue weighted by Crippen LogP contribution is 2.53. The van der Waals surface area contributed by atoms with Crippen molar-refractivity contribution in [2.75, 3.05) is 56.2 Å². The fraction of sp³-hybridized carbons (Fsp3) is 0.265. The Bertz CT molecular complexity index is 1920. The molecule has 1 saturated heterocycles. The van der Waals surface area contributed by atoms with Crippen molar-refractivity contribution >= 4 is 27.3 Å². The highest BCUT2D eigenvalue weighted by molar-refractivity contribution is 7.93. The van der Waals surface area contributed by atoms with Gasteiger partial charge in [0.2, 0.25) is 0 Å². The smallest absolute Gasteiger partial charge is 0.274 e. The van der Waals surface area contributed by atoms with Crippen molar-refractivity contribution in [3.8, 4) is 23.3 Å². The maximum absolute atomic E-state index is 15.3. The molecule has 1 fully saturated rings. The number of ether oxygens (including phenoxy) is 3. The Balaban J connectivity index is 1.58. The van der Waals surface area contributed by atoms with Crippen LogP contribution in [0.25, 0.3) is 0 Å². The summed E-state index contributed by atoms with van der Waals surface area (Å²) in [6.45, 7) is 4.06. The summed E-state index contributed by atoms with van der Waals surface area (Å²) in [5.41, 5.74) is 0.637. The molecule has 2 aliphatic rings. The number of pyridine rings is 1. The van der Waals surface area contributed by atoms with E-state index in [4.69, 9.17) is 14.2 Å². The second-order valence-corrected chi connectivity index (χ2v) is 12.5. The van der Waals surface area contributed by atoms with E-state index in [0.717, 1.165) is 9.99 Å². The molecule has 6 rings (SSSR count). The summed E-state index contributed by atoms with van der Waals surface area (Å²) in [6, 6.07) is 22.2. The molecule has 1 atom stereocenters. The second kappa shape index (κ2) is 12.3. The first-order valence-corrected chi connectivity index (χ1v) is 16.2. The normalized spacial score (nSPS) is 18.2. The van der Waals surface area contributed by atoms with Gasteiger partial charge in [-0.1, -0.05) is 18.2 Å². The molecule has 11 nitrogen and oxygen atoms in total. The molecule has 2 aliphatic heterocycles. The lowest BCUT2D eigenvalue weighted by Gasteiger charge is -2.46. The quantitative estimate of drug-likeness (QED) is 0.264. The van der Waals surface area contributed by atoms with E-state index in [1.165, 1.54) is 44.6 Å². The number of hydrogen-bond donors (Lipinski definition) is 0. The van der Waals surface area contributed by atoms with Gasteiger partial charge in [-0.15, -0.1) is 0 Å². The van der Waals surface area contributed by atoms with Crippen LogP contribution >= 0.6 is 0 Å². The van der Waals surface area contributed by atoms with Crippen LogP contribution in [-0.2, 0) is 20.4 Å². The molecule has 3 heterocycles. The maximum Gasteiger partial charge on any atom is 0.274 e. The van der Waals surface area contributed by atoms with Crippen molar-refractivity contribution in [3.05, 3.63) is 102 Å². The lowest BCUT2D eigenvalue weighted by Crippen LogP contribution is -2.60. The zero-order chi connectivity index (χ0) is 32.5. The number of amides is 1. The summed E-state index contributed by atoms with van der Waals surface area (Å²) in [6.07, 6.45) is 3.51. The molecule has 1 unspecified atom stereocenters. The molecule has 0 radical (unpaired) electrons. The van der Waals surface area contributed by atoms with Gasteiger partial charge in [-0.2, -0.15) is 5.26 Å². The first kappa shape index (κ1) is 30.9. The number of aromatic nitrogens is 1. The summed E-state index contributed by atoms with van der Waals surface area (Å²) >= 11 is 0. The molecular weight excluding hydrogens is 606 g/mol. The number of methoxy groups -OCH3 is 2. The SMILES string of the molecule is CCOc1ccccc1C1(N2CCN(c3cccnc3)CC2)C(=O)N(S(=O)(=O)c2ccc(OC)cc2OC)c2ccc(C#N)cc21. The average Bonchev–Trinajstić information content (AvgIpc) is 3.37. The molecule has 0 saturated carbocycles. The third-order valence-corrected chi connectivity index (χ3v) is 10.2. The van der Waals surface area contributed by atoms with Gasteiger partial charge in [0.05, 0.1) is 50.0 Å². The van der Waals surface area contributed by atoms with Gasteiger partial charge >= 0.3 is 0 Å². The zero-order valence-electron chi connectivity index (χ0n) is 25.7. The van der Waals surface area contributed by atoms with Crippen molar-refractivity contribution in [1.29, 1.82) is 5.26 Å². The number of nitriles is 1. The molecule has 1 aromatic heterocycles. The summed E-state index contributed by atoms with van der Waals surface area (Å²) < 4.78 is 47.0. The largest absolute Gasteiger partial charge is 0.497 e. The number of carbonyl (C=O) groups excluding carboxylic acids is 1. The molecule has 236 valence electrons. The predicted molar refractivity (Wildman–Crippen MR) is 172 cm³/mol. The Labute approximate surface area is 268 Å². The van der Waals surface area contributed by atoms with Crippen molar-refractivity contribution in [2.45, 2.75) is 17.4 Å². The lowest BCUT2D eigenvalue weighted by molar-refractivity contribution is -0.127. The number of anilines is 2. The third kappa shape index (κ3) is 4.88. The average molecular weight is 640 g/mol. The van der Waals surface area contributed by atoms with Crippen LogP contribution < -0.4 is 23.4 Å². The number of piperazine rings is 1. The molecule has 0 N–H and O–H groups in total. The van der Waals surface area contributed by atoms with Crippen molar-refractivity contribution < 1.29 is 27.4 Å². The Morgan fingerprint density at radius 2 is 1.70 bits per heavy atom. The molecule has 0 spiro atoms. The van der Waals surface area contributed by atoms with Crippen LogP contribution in [0.5, 0.6) is 17.2 Å². The van der Waals surface area contributed by atoms with E-state index in [2.05, 4.69) is 16.0 Å². The topological polar surface area (TPSA) is 125 Å². The lowest BCUT2D eigenvalue weighted by atomic mass is 9.80. The molecular formula is C34H33N5O6S. The first-order valence-electron chi connectivity index (χ1n) is 14.8. The van der Waals surface area contributed by atoms with Gasteiger partial charge in [-0.25, -0.2) is 12.7 Å². The standard InChI is InChI=1S/C34H33N5O6S/c1-4-45-30-10-6-5-9-27(30)34(38-18-16-37(17-19-38)25-8-7-15-36-23-25)28-20-24(22-35)11-13-29(28)39(33(34)40)46(41,42)32-14-12-26(43-2)21-31(32)44-3/h5-15,20-21,23H,4,16-19H2,1-3H3. The number of sulfonamides is 1. The summed E-state index contributed by atoms with van der Waals surface area (Å²) in [5.74, 6) is 0.175. The first-order chi connectivity index (χ1) is 22.3. The van der Waals surface area contributed by atoms with Crippen LogP contribution in [0.4, 0.5) is 11.4 Å². The highest BCUT2D eigenvalue weighted by Gasteiger charge is 2.60. The molecule has 4 aromatic rings. The van der Waals surface area contributed by atoms with Crippen LogP contribution in [0.2, 0.25) is 0 Å². The fourth-order valence-electron chi connectivity index (χ4n) is 6.39. The van der Waals surface area contributed by atoms with Crippen molar-refractivity contribution in [3.63, 3.8) is 0 Å². The Kier molecular flexibility index (Phi) is 8.29. The molecule has 1 amide bonds. The molecule has 0 bridgehead atoms. The number of fused-ring (bicyclic) bond motifs is 1. The Morgan fingerprint density at radius 1 is 0.913 bits per heavy atom. The number of nitrogens with zero attached hydrogens (tertiary/aromatic N) is 5. The van der Waals surface area contributed by atoms with Crippen LogP contribution in [0, 0.1) is 11.3 Å². The van der Waals surface area contributed by atoms with E-state index in [1.54, 1.807) is 36.7 Å². The summed E-state index contributed by atoms with van der Waals surface area (Å²) in [7, 11) is -1.73. The van der Waals surface area contributed by atoms with E-state index < -0.39 is 21.5 Å². The predicted octanol–water partition coefficient (Wildman–Crippen LogP) is 4.17.